The lowest BCUT2D eigenvalue weighted by Gasteiger charge is -2.30. The van der Waals surface area contributed by atoms with Crippen LogP contribution in [0.4, 0.5) is 18.9 Å². The molecule has 1 aliphatic heterocycles. The quantitative estimate of drug-likeness (QED) is 0.490. The normalized spacial score (nSPS) is 15.2. The zero-order valence-corrected chi connectivity index (χ0v) is 21.5. The first-order valence-corrected chi connectivity index (χ1v) is 12.7. The van der Waals surface area contributed by atoms with Crippen LogP contribution in [0.15, 0.2) is 35.6 Å². The van der Waals surface area contributed by atoms with Crippen molar-refractivity contribution in [2.45, 2.75) is 50.9 Å². The highest BCUT2D eigenvalue weighted by molar-refractivity contribution is 7.89. The minimum Gasteiger partial charge on any atom is -0.480 e. The smallest absolute Gasteiger partial charge is 0.408 e. The van der Waals surface area contributed by atoms with Gasteiger partial charge >= 0.3 is 6.18 Å². The molecule has 0 aliphatic carbocycles. The Morgan fingerprint density at radius 2 is 1.89 bits per heavy atom. The lowest BCUT2D eigenvalue weighted by molar-refractivity contribution is -0.142. The minimum atomic E-state index is -4.46. The summed E-state index contributed by atoms with van der Waals surface area (Å²) in [4.78, 5) is 23.4. The monoisotopic (exact) mass is 538 g/mol. The van der Waals surface area contributed by atoms with E-state index >= 15 is 0 Å². The zero-order chi connectivity index (χ0) is 27.3. The van der Waals surface area contributed by atoms with Gasteiger partial charge in [0, 0.05) is 24.5 Å². The summed E-state index contributed by atoms with van der Waals surface area (Å²) in [5.74, 6) is -0.508. The fraction of sp³-hybridized carbons (Fsp3) is 0.391. The lowest BCUT2D eigenvalue weighted by atomic mass is 9.96. The number of anilines is 1. The third kappa shape index (κ3) is 4.78. The summed E-state index contributed by atoms with van der Waals surface area (Å²) in [6.07, 6.45) is -0.671. The van der Waals surface area contributed by atoms with Crippen LogP contribution < -0.4 is 14.4 Å². The lowest BCUT2D eigenvalue weighted by Crippen LogP contribution is -2.39. The topological polar surface area (TPSA) is 119 Å². The number of carbonyl (C=O) groups excluding carboxylic acids is 1. The van der Waals surface area contributed by atoms with Gasteiger partial charge in [0.15, 0.2) is 0 Å². The molecule has 0 spiro atoms. The Kier molecular flexibility index (Phi) is 6.53. The molecule has 3 aromatic heterocycles. The molecule has 0 saturated carbocycles. The van der Waals surface area contributed by atoms with Crippen LogP contribution in [0.5, 0.6) is 5.88 Å². The molecule has 0 bridgehead atoms. The highest BCUT2D eigenvalue weighted by atomic mass is 32.2. The first-order valence-electron chi connectivity index (χ1n) is 11.2. The van der Waals surface area contributed by atoms with E-state index in [2.05, 4.69) is 19.8 Å². The summed E-state index contributed by atoms with van der Waals surface area (Å²) < 4.78 is 72.1. The van der Waals surface area contributed by atoms with Gasteiger partial charge in [0.25, 0.3) is 5.91 Å². The molecule has 1 N–H and O–H groups in total. The first-order chi connectivity index (χ1) is 17.2. The number of hydrogen-bond acceptors (Lipinski definition) is 7. The van der Waals surface area contributed by atoms with Crippen molar-refractivity contribution in [3.05, 3.63) is 47.5 Å². The maximum atomic E-state index is 13.4. The van der Waals surface area contributed by atoms with Crippen molar-refractivity contribution < 1.29 is 31.1 Å². The van der Waals surface area contributed by atoms with Crippen LogP contribution >= 0.6 is 0 Å². The number of pyridine rings is 2. The number of ether oxygens (including phenoxy) is 1. The highest BCUT2D eigenvalue weighted by Gasteiger charge is 2.47. The average Bonchev–Trinajstić information content (AvgIpc) is 3.31. The van der Waals surface area contributed by atoms with Crippen molar-refractivity contribution in [1.82, 2.24) is 24.5 Å². The summed E-state index contributed by atoms with van der Waals surface area (Å²) in [6.45, 7) is 5.68. The van der Waals surface area contributed by atoms with Crippen LogP contribution in [0.25, 0.3) is 11.3 Å². The molecular formula is C23H25F3N6O4S. The minimum absolute atomic E-state index is 0.0832. The van der Waals surface area contributed by atoms with E-state index in [9.17, 15) is 26.4 Å². The highest BCUT2D eigenvalue weighted by Crippen LogP contribution is 2.43. The van der Waals surface area contributed by atoms with Crippen LogP contribution in [0.1, 0.15) is 42.4 Å². The molecule has 0 saturated heterocycles. The molecule has 3 aromatic rings. The van der Waals surface area contributed by atoms with Gasteiger partial charge in [0.2, 0.25) is 15.9 Å². The second-order valence-electron chi connectivity index (χ2n) is 8.99. The van der Waals surface area contributed by atoms with E-state index in [0.29, 0.717) is 28.1 Å². The third-order valence-corrected chi connectivity index (χ3v) is 7.46. The Morgan fingerprint density at radius 1 is 1.19 bits per heavy atom. The number of carbonyl (C=O) groups is 1. The number of aromatic nitrogens is 4. The van der Waals surface area contributed by atoms with Crippen LogP contribution in [-0.2, 0) is 22.1 Å². The van der Waals surface area contributed by atoms with Crippen LogP contribution in [0.2, 0.25) is 0 Å². The number of hydrogen-bond donors (Lipinski definition) is 1. The summed E-state index contributed by atoms with van der Waals surface area (Å²) in [5, 5.41) is 3.76. The molecule has 4 rings (SSSR count). The van der Waals surface area contributed by atoms with Gasteiger partial charge in [-0.25, -0.2) is 23.1 Å². The van der Waals surface area contributed by atoms with Crippen molar-refractivity contribution in [2.24, 2.45) is 0 Å². The number of rotatable bonds is 7. The Bertz CT molecular complexity index is 1480. The molecule has 0 radical (unpaired) electrons. The fourth-order valence-corrected chi connectivity index (χ4v) is 5.55. The van der Waals surface area contributed by atoms with Crippen molar-refractivity contribution in [3.8, 4) is 17.1 Å². The molecule has 198 valence electrons. The number of aryl methyl sites for hydroxylation is 1. The van der Waals surface area contributed by atoms with E-state index in [1.54, 1.807) is 33.8 Å². The second-order valence-corrected chi connectivity index (χ2v) is 10.7. The molecule has 0 fully saturated rings. The number of nitrogens with zero attached hydrogens (tertiary/aromatic N) is 5. The van der Waals surface area contributed by atoms with Gasteiger partial charge in [-0.3, -0.25) is 14.4 Å². The van der Waals surface area contributed by atoms with Crippen molar-refractivity contribution in [2.75, 3.05) is 18.6 Å². The van der Waals surface area contributed by atoms with E-state index < -0.39 is 34.2 Å². The van der Waals surface area contributed by atoms with E-state index in [1.807, 2.05) is 0 Å². The van der Waals surface area contributed by atoms with Crippen molar-refractivity contribution >= 4 is 21.6 Å². The fourth-order valence-electron chi connectivity index (χ4n) is 4.37. The predicted octanol–water partition coefficient (Wildman–Crippen LogP) is 3.41. The van der Waals surface area contributed by atoms with Gasteiger partial charge in [-0.1, -0.05) is 6.92 Å². The first kappa shape index (κ1) is 26.5. The molecule has 0 aromatic carbocycles. The molecule has 1 aliphatic rings. The average molecular weight is 539 g/mol. The standard InChI is InChI=1S/C23H25F3N6O4S/c1-6-29-37(34,35)17-8-14(9-27-20(17)36-5)16-7-13(2)18-19(30-16)22(3,4)32(21(18)33)15-10-28-31(11-15)12-23(24,25)26/h7-11,29H,6,12H2,1-5H3. The largest absolute Gasteiger partial charge is 0.480 e. The maximum absolute atomic E-state index is 13.4. The maximum Gasteiger partial charge on any atom is 0.408 e. The Hall–Kier alpha value is -3.52. The van der Waals surface area contributed by atoms with E-state index in [0.717, 1.165) is 4.68 Å². The van der Waals surface area contributed by atoms with Gasteiger partial charge in [-0.2, -0.15) is 18.3 Å². The number of alkyl halides is 3. The van der Waals surface area contributed by atoms with Gasteiger partial charge in [0.1, 0.15) is 11.4 Å². The number of sulfonamides is 1. The van der Waals surface area contributed by atoms with Crippen LogP contribution in [-0.4, -0.2) is 53.9 Å². The molecule has 1 amide bonds. The summed E-state index contributed by atoms with van der Waals surface area (Å²) in [6, 6.07) is 3.03. The number of halogens is 3. The van der Waals surface area contributed by atoms with Gasteiger partial charge in [-0.15, -0.1) is 0 Å². The van der Waals surface area contributed by atoms with Gasteiger partial charge in [-0.05, 0) is 38.5 Å². The number of fused-ring (bicyclic) bond motifs is 1. The SMILES string of the molecule is CCNS(=O)(=O)c1cc(-c2cc(C)c3c(n2)C(C)(C)N(c2cnn(CC(F)(F)F)c2)C3=O)cnc1OC. The Morgan fingerprint density at radius 3 is 2.51 bits per heavy atom. The summed E-state index contributed by atoms with van der Waals surface area (Å²) in [7, 11) is -2.60. The van der Waals surface area contributed by atoms with Crippen LogP contribution in [0.3, 0.4) is 0 Å². The molecular weight excluding hydrogens is 513 g/mol. The van der Waals surface area contributed by atoms with Crippen molar-refractivity contribution in [3.63, 3.8) is 0 Å². The van der Waals surface area contributed by atoms with E-state index in [1.165, 1.54) is 36.7 Å². The molecule has 10 nitrogen and oxygen atoms in total. The predicted molar refractivity (Wildman–Crippen MR) is 128 cm³/mol. The van der Waals surface area contributed by atoms with Crippen LogP contribution in [0, 0.1) is 6.92 Å². The summed E-state index contributed by atoms with van der Waals surface area (Å²) in [5.41, 5.74) is 1.18. The number of methoxy groups -OCH3 is 1. The van der Waals surface area contributed by atoms with Gasteiger partial charge in [0.05, 0.1) is 41.5 Å². The molecule has 0 unspecified atom stereocenters. The van der Waals surface area contributed by atoms with E-state index in [-0.39, 0.29) is 23.0 Å². The molecule has 37 heavy (non-hydrogen) atoms. The third-order valence-electron chi connectivity index (χ3n) is 5.92. The van der Waals surface area contributed by atoms with Crippen molar-refractivity contribution in [1.29, 1.82) is 0 Å². The van der Waals surface area contributed by atoms with E-state index in [4.69, 9.17) is 4.74 Å². The zero-order valence-electron chi connectivity index (χ0n) is 20.7. The number of nitrogens with one attached hydrogen (secondary N) is 1. The Balaban J connectivity index is 1.79. The molecule has 0 atom stereocenters. The molecule has 14 heteroatoms. The molecule has 4 heterocycles. The second kappa shape index (κ2) is 9.10. The number of amides is 1. The van der Waals surface area contributed by atoms with Gasteiger partial charge < -0.3 is 4.74 Å². The Labute approximate surface area is 211 Å². The summed E-state index contributed by atoms with van der Waals surface area (Å²) >= 11 is 0.